The fourth-order valence-electron chi connectivity index (χ4n) is 5.64. The molecule has 0 amide bonds. The number of carbonyl (C=O) groups excluding carboxylic acids is 2. The molecule has 7 N–H and O–H groups in total. The molecule has 0 heterocycles. The number of unbranched alkanes of at least 4 members (excludes halogenated alkanes) is 12. The fraction of sp³-hybridized carbons (Fsp3) is 0.681. The minimum absolute atomic E-state index is 0.0292. The van der Waals surface area contributed by atoms with Crippen molar-refractivity contribution < 1.29 is 62.8 Å². The molecule has 14 nitrogen and oxygen atoms in total. The monoisotopic (exact) mass is 930 g/mol. The van der Waals surface area contributed by atoms with Crippen LogP contribution in [0.1, 0.15) is 142 Å². The van der Waals surface area contributed by atoms with E-state index in [1.165, 1.54) is 44.9 Å². The highest BCUT2D eigenvalue weighted by atomic mass is 32.2. The maximum absolute atomic E-state index is 13.2. The third kappa shape index (κ3) is 39.3. The number of carbonyl (C=O) groups is 3. The van der Waals surface area contributed by atoms with E-state index in [9.17, 15) is 34.1 Å². The minimum Gasteiger partial charge on any atom is -0.481 e. The predicted molar refractivity (Wildman–Crippen MR) is 252 cm³/mol. The first-order chi connectivity index (χ1) is 30.3. The topological polar surface area (TPSA) is 232 Å². The molecule has 0 aromatic rings. The number of esters is 2. The quantitative estimate of drug-likeness (QED) is 0.0110. The summed E-state index contributed by atoms with van der Waals surface area (Å²) in [4.78, 5) is 46.9. The Hall–Kier alpha value is -2.85. The summed E-state index contributed by atoms with van der Waals surface area (Å²) in [6, 6.07) is -1.24. The summed E-state index contributed by atoms with van der Waals surface area (Å²) < 4.78 is 32.8. The van der Waals surface area contributed by atoms with E-state index in [1.54, 1.807) is 18.2 Å². The zero-order valence-electron chi connectivity index (χ0n) is 37.9. The molecular weight excluding hydrogens is 850 g/mol. The number of aliphatic hydroxyl groups excluding tert-OH is 3. The van der Waals surface area contributed by atoms with Crippen LogP contribution in [0.25, 0.3) is 0 Å². The number of carboxylic acids is 1. The largest absolute Gasteiger partial charge is 0.481 e. The molecule has 16 heteroatoms. The average Bonchev–Trinajstić information content (AvgIpc) is 3.26. The fourth-order valence-corrected chi connectivity index (χ4v) is 7.56. The molecule has 0 rings (SSSR count). The number of aliphatic carboxylic acids is 1. The smallest absolute Gasteiger partial charge is 0.472 e. The number of thioether (sulfide) groups is 1. The molecule has 0 aliphatic rings. The third-order valence-corrected chi connectivity index (χ3v) is 11.7. The zero-order valence-corrected chi connectivity index (χ0v) is 39.6. The van der Waals surface area contributed by atoms with Crippen molar-refractivity contribution in [3.8, 4) is 0 Å². The van der Waals surface area contributed by atoms with E-state index < -0.39 is 81.8 Å². The maximum atomic E-state index is 13.2. The Balaban J connectivity index is 5.25. The van der Waals surface area contributed by atoms with Gasteiger partial charge < -0.3 is 40.5 Å². The SMILES string of the molecule is CCCCC/C=C\C\C=C/C=C/C=C/[C@@H](SC[C@H](N)C(=O)O[C@H](COC(=O)CCCCCCC/C=C\C=C/CCCCCC)COP(=O)(O)OC[C@@H](O)CO)[C@@H](O)CCCC(=O)O. The summed E-state index contributed by atoms with van der Waals surface area (Å²) in [6.07, 6.45) is 37.7. The van der Waals surface area contributed by atoms with Gasteiger partial charge in [-0.1, -0.05) is 138 Å². The van der Waals surface area contributed by atoms with Crippen LogP contribution in [0.5, 0.6) is 0 Å². The minimum atomic E-state index is -4.79. The average molecular weight is 930 g/mol. The summed E-state index contributed by atoms with van der Waals surface area (Å²) in [5, 5.41) is 37.9. The summed E-state index contributed by atoms with van der Waals surface area (Å²) in [6.45, 7) is 1.72. The Morgan fingerprint density at radius 1 is 0.698 bits per heavy atom. The van der Waals surface area contributed by atoms with Crippen molar-refractivity contribution in [1.29, 1.82) is 0 Å². The standard InChI is InChI=1S/C47H80NO13PS/c1-3-5-7-9-11-13-15-17-18-19-21-23-25-27-29-34-46(54)58-37-41(38-60-62(56,57)59-36-40(50)35-49)61-47(55)42(48)39-63-44(43(51)31-30-33-45(52)53)32-28-26-24-22-20-16-14-12-10-8-6-4-2/h12-15,17-18,20,22,24,26,28,32,40-44,49-51H,3-11,16,19,21,23,25,27,29-31,33-39,48H2,1-2H3,(H,52,53)(H,56,57)/b14-12-,15-13-,18-17-,22-20-,26-24+,32-28+/t40-,41+,42-,43-,44+/m0/s1. The van der Waals surface area contributed by atoms with Crippen LogP contribution in [0.2, 0.25) is 0 Å². The van der Waals surface area contributed by atoms with Crippen LogP contribution in [0, 0.1) is 0 Å². The van der Waals surface area contributed by atoms with Gasteiger partial charge in [-0.15, -0.1) is 11.8 Å². The van der Waals surface area contributed by atoms with Crippen LogP contribution >= 0.6 is 19.6 Å². The summed E-state index contributed by atoms with van der Waals surface area (Å²) in [5.74, 6) is -2.49. The number of nitrogens with two attached hydrogens (primary N) is 1. The van der Waals surface area contributed by atoms with E-state index >= 15 is 0 Å². The number of allylic oxidation sites excluding steroid dienone is 11. The molecule has 0 radical (unpaired) electrons. The van der Waals surface area contributed by atoms with Crippen LogP contribution in [0.3, 0.4) is 0 Å². The van der Waals surface area contributed by atoms with Crippen molar-refractivity contribution in [3.63, 3.8) is 0 Å². The Bertz CT molecular complexity index is 1400. The predicted octanol–water partition coefficient (Wildman–Crippen LogP) is 8.98. The van der Waals surface area contributed by atoms with Gasteiger partial charge in [-0.05, 0) is 64.2 Å². The van der Waals surface area contributed by atoms with Gasteiger partial charge in [0.1, 0.15) is 18.8 Å². The highest BCUT2D eigenvalue weighted by molar-refractivity contribution is 8.00. The van der Waals surface area contributed by atoms with Crippen LogP contribution in [0.15, 0.2) is 72.9 Å². The van der Waals surface area contributed by atoms with Gasteiger partial charge in [-0.3, -0.25) is 23.4 Å². The third-order valence-electron chi connectivity index (χ3n) is 9.36. The highest BCUT2D eigenvalue weighted by Crippen LogP contribution is 2.43. The van der Waals surface area contributed by atoms with E-state index in [4.69, 9.17) is 29.9 Å². The summed E-state index contributed by atoms with van der Waals surface area (Å²) >= 11 is 1.16. The lowest BCUT2D eigenvalue weighted by atomic mass is 10.1. The molecule has 63 heavy (non-hydrogen) atoms. The molecule has 0 bridgehead atoms. The van der Waals surface area contributed by atoms with E-state index in [0.29, 0.717) is 6.42 Å². The molecule has 0 fully saturated rings. The molecule has 0 saturated carbocycles. The van der Waals surface area contributed by atoms with E-state index in [1.807, 2.05) is 18.2 Å². The Morgan fingerprint density at radius 2 is 1.29 bits per heavy atom. The molecule has 362 valence electrons. The Morgan fingerprint density at radius 3 is 1.97 bits per heavy atom. The van der Waals surface area contributed by atoms with Gasteiger partial charge in [0.05, 0.1) is 25.9 Å². The molecule has 0 aromatic heterocycles. The summed E-state index contributed by atoms with van der Waals surface area (Å²) in [7, 11) is -4.79. The van der Waals surface area contributed by atoms with Crippen molar-refractivity contribution in [3.05, 3.63) is 72.9 Å². The van der Waals surface area contributed by atoms with E-state index in [0.717, 1.165) is 63.1 Å². The van der Waals surface area contributed by atoms with Crippen molar-refractivity contribution >= 4 is 37.5 Å². The van der Waals surface area contributed by atoms with Crippen molar-refractivity contribution in [2.45, 2.75) is 172 Å². The van der Waals surface area contributed by atoms with Gasteiger partial charge in [0.25, 0.3) is 0 Å². The van der Waals surface area contributed by atoms with Gasteiger partial charge in [0.2, 0.25) is 0 Å². The molecule has 0 aliphatic heterocycles. The lowest BCUT2D eigenvalue weighted by molar-refractivity contribution is -0.161. The zero-order chi connectivity index (χ0) is 46.8. The van der Waals surface area contributed by atoms with Crippen LogP contribution in [-0.2, 0) is 37.5 Å². The molecule has 0 aliphatic carbocycles. The van der Waals surface area contributed by atoms with E-state index in [-0.39, 0.29) is 31.4 Å². The lowest BCUT2D eigenvalue weighted by Crippen LogP contribution is -2.40. The molecule has 0 spiro atoms. The number of phosphoric acid groups is 1. The number of aliphatic hydroxyl groups is 3. The lowest BCUT2D eigenvalue weighted by Gasteiger charge is -2.23. The Labute approximate surface area is 381 Å². The van der Waals surface area contributed by atoms with Crippen LogP contribution < -0.4 is 5.73 Å². The van der Waals surface area contributed by atoms with Gasteiger partial charge in [0, 0.05) is 23.8 Å². The normalized spacial score (nSPS) is 15.8. The molecule has 0 aromatic carbocycles. The molecular formula is C47H80NO13PS. The number of carboxylic acid groups (broad SMARTS) is 1. The first-order valence-electron chi connectivity index (χ1n) is 22.9. The second kappa shape index (κ2) is 41.8. The first-order valence-corrected chi connectivity index (χ1v) is 25.4. The van der Waals surface area contributed by atoms with E-state index in [2.05, 4.69) is 54.8 Å². The first kappa shape index (κ1) is 60.2. The molecule has 0 saturated heterocycles. The second-order valence-corrected chi connectivity index (χ2v) is 18.0. The van der Waals surface area contributed by atoms with Crippen LogP contribution in [-0.4, -0.2) is 105 Å². The number of hydrogen-bond acceptors (Lipinski definition) is 13. The number of ether oxygens (including phenoxy) is 2. The second-order valence-electron chi connectivity index (χ2n) is 15.3. The number of hydrogen-bond donors (Lipinski definition) is 6. The van der Waals surface area contributed by atoms with Gasteiger partial charge in [-0.2, -0.15) is 0 Å². The summed E-state index contributed by atoms with van der Waals surface area (Å²) in [5.41, 5.74) is 6.18. The van der Waals surface area contributed by atoms with Gasteiger partial charge >= 0.3 is 25.7 Å². The molecule has 6 atom stereocenters. The van der Waals surface area contributed by atoms with Crippen molar-refractivity contribution in [2.24, 2.45) is 5.73 Å². The number of phosphoric ester groups is 1. The highest BCUT2D eigenvalue weighted by Gasteiger charge is 2.29. The Kier molecular flexibility index (Phi) is 39.9. The molecule has 1 unspecified atom stereocenters. The van der Waals surface area contributed by atoms with Gasteiger partial charge in [-0.25, -0.2) is 4.57 Å². The maximum Gasteiger partial charge on any atom is 0.472 e. The van der Waals surface area contributed by atoms with Gasteiger partial charge in [0.15, 0.2) is 6.10 Å². The van der Waals surface area contributed by atoms with Crippen LogP contribution in [0.4, 0.5) is 0 Å². The number of rotatable bonds is 42. The van der Waals surface area contributed by atoms with Crippen molar-refractivity contribution in [1.82, 2.24) is 0 Å². The van der Waals surface area contributed by atoms with Crippen molar-refractivity contribution in [2.75, 3.05) is 32.2 Å².